The number of benzene rings is 1. The average Bonchev–Trinajstić information content (AvgIpc) is 3.19. The zero-order valence-electron chi connectivity index (χ0n) is 14.2. The number of halogens is 1. The summed E-state index contributed by atoms with van der Waals surface area (Å²) in [5.74, 6) is 0.723. The molecule has 0 unspecified atom stereocenters. The van der Waals surface area contributed by atoms with Gasteiger partial charge in [-0.3, -0.25) is 0 Å². The lowest BCUT2D eigenvalue weighted by Crippen LogP contribution is -2.12. The number of rotatable bonds is 5. The molecule has 0 bridgehead atoms. The van der Waals surface area contributed by atoms with Crippen LogP contribution in [-0.2, 0) is 12.8 Å². The van der Waals surface area contributed by atoms with E-state index in [0.717, 1.165) is 53.2 Å². The van der Waals surface area contributed by atoms with Crippen LogP contribution in [0.15, 0.2) is 24.3 Å². The van der Waals surface area contributed by atoms with E-state index in [4.69, 9.17) is 15.2 Å². The Morgan fingerprint density at radius 3 is 2.80 bits per heavy atom. The molecule has 1 aliphatic carbocycles. The summed E-state index contributed by atoms with van der Waals surface area (Å²) in [5.41, 5.74) is 5.87. The van der Waals surface area contributed by atoms with E-state index in [1.54, 1.807) is 12.1 Å². The molecule has 4 rings (SSSR count). The number of aliphatic hydroxyl groups is 1. The second kappa shape index (κ2) is 6.44. The molecule has 0 fully saturated rings. The zero-order valence-corrected chi connectivity index (χ0v) is 14.2. The predicted molar refractivity (Wildman–Crippen MR) is 95.3 cm³/mol. The van der Waals surface area contributed by atoms with Crippen molar-refractivity contribution in [2.75, 3.05) is 18.5 Å². The summed E-state index contributed by atoms with van der Waals surface area (Å²) in [6.07, 6.45) is 3.73. The second-order valence-electron chi connectivity index (χ2n) is 6.45. The molecule has 1 aliphatic rings. The average molecular weight is 340 g/mol. The van der Waals surface area contributed by atoms with Crippen LogP contribution in [0.5, 0.6) is 0 Å². The van der Waals surface area contributed by atoms with E-state index in [-0.39, 0.29) is 12.4 Å². The maximum atomic E-state index is 13.3. The zero-order chi connectivity index (χ0) is 17.4. The third kappa shape index (κ3) is 2.76. The van der Waals surface area contributed by atoms with Gasteiger partial charge in [0.15, 0.2) is 5.65 Å². The van der Waals surface area contributed by atoms with Crippen LogP contribution >= 0.6 is 0 Å². The van der Waals surface area contributed by atoms with Gasteiger partial charge in [-0.05, 0) is 50.3 Å². The number of aromatic nitrogens is 3. The third-order valence-corrected chi connectivity index (χ3v) is 4.72. The van der Waals surface area contributed by atoms with Crippen molar-refractivity contribution in [1.29, 1.82) is 0 Å². The molecule has 0 radical (unpaired) electrons. The van der Waals surface area contributed by atoms with Crippen LogP contribution in [0.2, 0.25) is 0 Å². The Morgan fingerprint density at radius 2 is 2.04 bits per heavy atom. The highest BCUT2D eigenvalue weighted by atomic mass is 19.1. The molecule has 0 saturated heterocycles. The first-order valence-corrected chi connectivity index (χ1v) is 8.71. The lowest BCUT2D eigenvalue weighted by atomic mass is 10.1. The molecule has 5 nitrogen and oxygen atoms in total. The fraction of sp³-hybridized carbons (Fsp3) is 0.368. The summed E-state index contributed by atoms with van der Waals surface area (Å²) >= 11 is 0. The number of aliphatic hydroxyl groups excluding tert-OH is 1. The molecule has 1 aromatic carbocycles. The fourth-order valence-electron chi connectivity index (χ4n) is 3.56. The lowest BCUT2D eigenvalue weighted by Gasteiger charge is -2.13. The maximum Gasteiger partial charge on any atom is 0.165 e. The topological polar surface area (TPSA) is 62.5 Å². The van der Waals surface area contributed by atoms with E-state index < -0.39 is 0 Å². The summed E-state index contributed by atoms with van der Waals surface area (Å²) in [6, 6.07) is 6.47. The first kappa shape index (κ1) is 16.0. The number of nitrogens with one attached hydrogen (secondary N) is 1. The summed E-state index contributed by atoms with van der Waals surface area (Å²) in [7, 11) is 0. The highest BCUT2D eigenvalue weighted by molar-refractivity contribution is 5.81. The molecule has 0 saturated carbocycles. The van der Waals surface area contributed by atoms with E-state index in [9.17, 15) is 4.39 Å². The minimum atomic E-state index is -0.252. The van der Waals surface area contributed by atoms with Crippen molar-refractivity contribution in [3.63, 3.8) is 0 Å². The van der Waals surface area contributed by atoms with Crippen LogP contribution < -0.4 is 5.32 Å². The molecular weight excluding hydrogens is 319 g/mol. The van der Waals surface area contributed by atoms with Crippen molar-refractivity contribution < 1.29 is 9.50 Å². The summed E-state index contributed by atoms with van der Waals surface area (Å²) in [6.45, 7) is 2.80. The van der Waals surface area contributed by atoms with E-state index in [1.165, 1.54) is 17.7 Å². The molecule has 2 heterocycles. The Hall–Kier alpha value is -2.47. The molecule has 0 spiro atoms. The minimum absolute atomic E-state index is 0.155. The van der Waals surface area contributed by atoms with Gasteiger partial charge in [-0.15, -0.1) is 0 Å². The SMILES string of the molecule is Cc1nn2c(NCCCO)c3c(nc2c1-c1ccc(F)cc1)CCC3. The van der Waals surface area contributed by atoms with E-state index in [2.05, 4.69) is 5.32 Å². The Morgan fingerprint density at radius 1 is 1.24 bits per heavy atom. The normalized spacial score (nSPS) is 13.4. The third-order valence-electron chi connectivity index (χ3n) is 4.72. The monoisotopic (exact) mass is 340 g/mol. The number of hydrogen-bond donors (Lipinski definition) is 2. The van der Waals surface area contributed by atoms with Gasteiger partial charge in [-0.1, -0.05) is 12.1 Å². The largest absolute Gasteiger partial charge is 0.396 e. The predicted octanol–water partition coefficient (Wildman–Crippen LogP) is 3.13. The number of nitrogens with zero attached hydrogens (tertiary/aromatic N) is 3. The highest BCUT2D eigenvalue weighted by Gasteiger charge is 2.23. The standard InChI is InChI=1S/C19H21FN4O/c1-12-17(13-6-8-14(20)9-7-13)19-22-16-5-2-4-15(16)18(24(19)23-12)21-10-3-11-25/h6-9,21,25H,2-5,10-11H2,1H3. The first-order valence-electron chi connectivity index (χ1n) is 8.71. The molecule has 0 amide bonds. The van der Waals surface area contributed by atoms with Gasteiger partial charge in [0, 0.05) is 30.0 Å². The molecule has 3 aromatic rings. The van der Waals surface area contributed by atoms with Gasteiger partial charge >= 0.3 is 0 Å². The molecule has 0 atom stereocenters. The summed E-state index contributed by atoms with van der Waals surface area (Å²) < 4.78 is 15.2. The van der Waals surface area contributed by atoms with Gasteiger partial charge in [0.05, 0.1) is 5.69 Å². The molecule has 6 heteroatoms. The van der Waals surface area contributed by atoms with E-state index >= 15 is 0 Å². The Labute approximate surface area is 145 Å². The Kier molecular flexibility index (Phi) is 4.13. The van der Waals surface area contributed by atoms with Crippen molar-refractivity contribution in [3.8, 4) is 11.1 Å². The molecular formula is C19H21FN4O. The number of aryl methyl sites for hydroxylation is 2. The van der Waals surface area contributed by atoms with E-state index in [1.807, 2.05) is 11.4 Å². The van der Waals surface area contributed by atoms with Gasteiger partial charge < -0.3 is 10.4 Å². The summed E-state index contributed by atoms with van der Waals surface area (Å²) in [4.78, 5) is 4.88. The van der Waals surface area contributed by atoms with Gasteiger partial charge in [0.25, 0.3) is 0 Å². The second-order valence-corrected chi connectivity index (χ2v) is 6.45. The van der Waals surface area contributed by atoms with Crippen LogP contribution in [0.1, 0.15) is 29.8 Å². The highest BCUT2D eigenvalue weighted by Crippen LogP contribution is 2.34. The van der Waals surface area contributed by atoms with Crippen LogP contribution in [0.4, 0.5) is 10.2 Å². The minimum Gasteiger partial charge on any atom is -0.396 e. The van der Waals surface area contributed by atoms with Crippen LogP contribution in [0.25, 0.3) is 16.8 Å². The fourth-order valence-corrected chi connectivity index (χ4v) is 3.56. The van der Waals surface area contributed by atoms with Crippen LogP contribution in [-0.4, -0.2) is 32.9 Å². The molecule has 25 heavy (non-hydrogen) atoms. The first-order chi connectivity index (χ1) is 12.2. The maximum absolute atomic E-state index is 13.3. The van der Waals surface area contributed by atoms with Crippen LogP contribution in [0.3, 0.4) is 0 Å². The van der Waals surface area contributed by atoms with Gasteiger partial charge in [0.1, 0.15) is 11.6 Å². The quantitative estimate of drug-likeness (QED) is 0.701. The van der Waals surface area contributed by atoms with Crippen LogP contribution in [0, 0.1) is 12.7 Å². The van der Waals surface area contributed by atoms with Gasteiger partial charge in [-0.25, -0.2) is 9.37 Å². The smallest absolute Gasteiger partial charge is 0.165 e. The van der Waals surface area contributed by atoms with Crippen molar-refractivity contribution in [1.82, 2.24) is 14.6 Å². The van der Waals surface area contributed by atoms with E-state index in [0.29, 0.717) is 13.0 Å². The molecule has 2 N–H and O–H groups in total. The lowest BCUT2D eigenvalue weighted by molar-refractivity contribution is 0.292. The number of hydrogen-bond acceptors (Lipinski definition) is 4. The van der Waals surface area contributed by atoms with Crippen molar-refractivity contribution in [2.45, 2.75) is 32.6 Å². The van der Waals surface area contributed by atoms with Crippen molar-refractivity contribution in [3.05, 3.63) is 47.0 Å². The Balaban J connectivity index is 1.90. The molecule has 0 aliphatic heterocycles. The van der Waals surface area contributed by atoms with Crippen molar-refractivity contribution in [2.24, 2.45) is 0 Å². The molecule has 130 valence electrons. The molecule has 2 aromatic heterocycles. The summed E-state index contributed by atoms with van der Waals surface area (Å²) in [5, 5.41) is 17.2. The number of anilines is 1. The Bertz CT molecular complexity index is 918. The van der Waals surface area contributed by atoms with Crippen molar-refractivity contribution >= 4 is 11.5 Å². The number of fused-ring (bicyclic) bond motifs is 2. The van der Waals surface area contributed by atoms with Gasteiger partial charge in [-0.2, -0.15) is 9.61 Å². The van der Waals surface area contributed by atoms with Gasteiger partial charge in [0.2, 0.25) is 0 Å².